The van der Waals surface area contributed by atoms with Gasteiger partial charge in [-0.3, -0.25) is 0 Å². The van der Waals surface area contributed by atoms with E-state index in [1.54, 1.807) is 0 Å². The number of thiocarbonyl (C=S) groups is 1. The van der Waals surface area contributed by atoms with E-state index in [9.17, 15) is 4.79 Å². The zero-order valence-corrected chi connectivity index (χ0v) is 11.1. The van der Waals surface area contributed by atoms with Crippen LogP contribution in [0.4, 0.5) is 4.79 Å². The highest BCUT2D eigenvalue weighted by molar-refractivity contribution is 7.80. The molecule has 0 aromatic heterocycles. The Morgan fingerprint density at radius 2 is 1.94 bits per heavy atom. The van der Waals surface area contributed by atoms with Gasteiger partial charge in [-0.2, -0.15) is 0 Å². The Kier molecular flexibility index (Phi) is 3.86. The molecule has 1 heterocycles. The molecular weight excluding hydrogens is 234 g/mol. The third-order valence-electron chi connectivity index (χ3n) is 3.75. The van der Waals surface area contributed by atoms with Gasteiger partial charge in [-0.1, -0.05) is 19.1 Å². The Morgan fingerprint density at radius 1 is 1.35 bits per heavy atom. The molecule has 1 aliphatic heterocycles. The highest BCUT2D eigenvalue weighted by Crippen LogP contribution is 2.33. The molecule has 96 valence electrons. The molecule has 2 aliphatic rings. The maximum Gasteiger partial charge on any atom is 0.317 e. The minimum Gasteiger partial charge on any atom is -0.392 e. The van der Waals surface area contributed by atoms with Crippen LogP contribution in [0.1, 0.15) is 32.6 Å². The van der Waals surface area contributed by atoms with Gasteiger partial charge in [-0.05, 0) is 37.5 Å². The second kappa shape index (κ2) is 5.21. The predicted octanol–water partition coefficient (Wildman–Crippen LogP) is 1.49. The van der Waals surface area contributed by atoms with Gasteiger partial charge in [-0.15, -0.1) is 0 Å². The molecular formula is C12H21N3OS. The molecule has 0 radical (unpaired) electrons. The van der Waals surface area contributed by atoms with Gasteiger partial charge in [0.15, 0.2) is 0 Å². The van der Waals surface area contributed by atoms with Gasteiger partial charge in [0.2, 0.25) is 0 Å². The molecule has 0 spiro atoms. The number of rotatable bonds is 3. The maximum atomic E-state index is 12.1. The minimum atomic E-state index is -0.100. The van der Waals surface area contributed by atoms with E-state index >= 15 is 0 Å². The molecule has 1 unspecified atom stereocenters. The van der Waals surface area contributed by atoms with Crippen LogP contribution in [-0.2, 0) is 0 Å². The van der Waals surface area contributed by atoms with Crippen molar-refractivity contribution >= 4 is 23.2 Å². The molecule has 5 heteroatoms. The van der Waals surface area contributed by atoms with E-state index in [0.717, 1.165) is 44.7 Å². The number of nitrogens with zero attached hydrogens (tertiary/aromatic N) is 1. The van der Waals surface area contributed by atoms with Crippen molar-refractivity contribution in [3.63, 3.8) is 0 Å². The lowest BCUT2D eigenvalue weighted by Crippen LogP contribution is -2.52. The summed E-state index contributed by atoms with van der Waals surface area (Å²) in [5.41, 5.74) is 5.68. The first-order chi connectivity index (χ1) is 8.08. The van der Waals surface area contributed by atoms with Crippen LogP contribution >= 0.6 is 12.2 Å². The molecule has 17 heavy (non-hydrogen) atoms. The third kappa shape index (κ3) is 3.31. The molecule has 2 rings (SSSR count). The number of nitrogens with two attached hydrogens (primary N) is 1. The molecule has 3 N–H and O–H groups in total. The number of hydrogen-bond acceptors (Lipinski definition) is 2. The van der Waals surface area contributed by atoms with Crippen molar-refractivity contribution in [3.8, 4) is 0 Å². The summed E-state index contributed by atoms with van der Waals surface area (Å²) in [6.07, 6.45) is 4.43. The summed E-state index contributed by atoms with van der Waals surface area (Å²) < 4.78 is 0. The summed E-state index contributed by atoms with van der Waals surface area (Å²) in [5, 5.41) is 2.98. The van der Waals surface area contributed by atoms with Crippen LogP contribution in [0.2, 0.25) is 0 Å². The van der Waals surface area contributed by atoms with Crippen LogP contribution < -0.4 is 11.1 Å². The first-order valence-corrected chi connectivity index (χ1v) is 6.83. The van der Waals surface area contributed by atoms with Gasteiger partial charge in [0, 0.05) is 13.1 Å². The fourth-order valence-corrected chi connectivity index (χ4v) is 2.54. The third-order valence-corrected chi connectivity index (χ3v) is 4.00. The van der Waals surface area contributed by atoms with Crippen molar-refractivity contribution < 1.29 is 4.79 Å². The highest BCUT2D eigenvalue weighted by Gasteiger charge is 2.35. The van der Waals surface area contributed by atoms with E-state index < -0.39 is 0 Å². The number of hydrogen-bond donors (Lipinski definition) is 2. The first-order valence-electron chi connectivity index (χ1n) is 6.42. The number of carbonyl (C=O) groups is 1. The molecule has 0 aromatic rings. The number of nitrogens with one attached hydrogen (secondary N) is 1. The van der Waals surface area contributed by atoms with Crippen molar-refractivity contribution in [2.45, 2.75) is 38.6 Å². The number of piperidine rings is 1. The lowest BCUT2D eigenvalue weighted by molar-refractivity contribution is 0.172. The van der Waals surface area contributed by atoms with Crippen molar-refractivity contribution in [2.75, 3.05) is 13.1 Å². The van der Waals surface area contributed by atoms with Gasteiger partial charge in [0.25, 0.3) is 0 Å². The molecule has 4 nitrogen and oxygen atoms in total. The standard InChI is InChI=1S/C12H21N3OS/c1-8-4-6-15(7-5-8)12(16)14-10(11(13)17)9-2-3-9/h8-10H,2-7H2,1H3,(H2,13,17)(H,14,16). The van der Waals surface area contributed by atoms with E-state index in [-0.39, 0.29) is 12.1 Å². The molecule has 1 saturated heterocycles. The molecule has 0 aromatic carbocycles. The molecule has 1 saturated carbocycles. The van der Waals surface area contributed by atoms with Crippen LogP contribution in [0.3, 0.4) is 0 Å². The number of carbonyl (C=O) groups excluding carboxylic acids is 1. The Bertz CT molecular complexity index is 309. The first kappa shape index (κ1) is 12.6. The van der Waals surface area contributed by atoms with E-state index in [0.29, 0.717) is 10.9 Å². The van der Waals surface area contributed by atoms with Crippen LogP contribution in [0, 0.1) is 11.8 Å². The second-order valence-electron chi connectivity index (χ2n) is 5.34. The van der Waals surface area contributed by atoms with Crippen molar-refractivity contribution in [2.24, 2.45) is 17.6 Å². The van der Waals surface area contributed by atoms with Crippen LogP contribution in [0.15, 0.2) is 0 Å². The average molecular weight is 255 g/mol. The molecule has 2 fully saturated rings. The summed E-state index contributed by atoms with van der Waals surface area (Å²) in [7, 11) is 0. The largest absolute Gasteiger partial charge is 0.392 e. The van der Waals surface area contributed by atoms with Crippen LogP contribution in [0.25, 0.3) is 0 Å². The monoisotopic (exact) mass is 255 g/mol. The van der Waals surface area contributed by atoms with Gasteiger partial charge in [0.1, 0.15) is 0 Å². The predicted molar refractivity (Wildman–Crippen MR) is 71.8 cm³/mol. The molecule has 1 atom stereocenters. The van der Waals surface area contributed by atoms with Crippen LogP contribution in [0.5, 0.6) is 0 Å². The fourth-order valence-electron chi connectivity index (χ4n) is 2.29. The molecule has 1 aliphatic carbocycles. The SMILES string of the molecule is CC1CCN(C(=O)NC(C(N)=S)C2CC2)CC1. The van der Waals surface area contributed by atoms with Gasteiger partial charge in [-0.25, -0.2) is 4.79 Å². The van der Waals surface area contributed by atoms with Gasteiger partial charge >= 0.3 is 6.03 Å². The number of urea groups is 1. The minimum absolute atomic E-state index is 0.00148. The lowest BCUT2D eigenvalue weighted by Gasteiger charge is -2.31. The van der Waals surface area contributed by atoms with E-state index in [2.05, 4.69) is 12.2 Å². The van der Waals surface area contributed by atoms with E-state index in [4.69, 9.17) is 18.0 Å². The molecule has 0 bridgehead atoms. The zero-order valence-electron chi connectivity index (χ0n) is 10.3. The summed E-state index contributed by atoms with van der Waals surface area (Å²) >= 11 is 5.02. The Hall–Kier alpha value is -0.840. The van der Waals surface area contributed by atoms with E-state index in [1.807, 2.05) is 4.90 Å². The topological polar surface area (TPSA) is 58.4 Å². The Morgan fingerprint density at radius 3 is 2.41 bits per heavy atom. The number of likely N-dealkylation sites (tertiary alicyclic amines) is 1. The Balaban J connectivity index is 1.85. The zero-order chi connectivity index (χ0) is 12.4. The van der Waals surface area contributed by atoms with Crippen LogP contribution in [-0.4, -0.2) is 35.1 Å². The van der Waals surface area contributed by atoms with Crippen molar-refractivity contribution in [1.29, 1.82) is 0 Å². The summed E-state index contributed by atoms with van der Waals surface area (Å²) in [4.78, 5) is 14.4. The lowest BCUT2D eigenvalue weighted by atomic mass is 9.99. The summed E-state index contributed by atoms with van der Waals surface area (Å²) in [5.74, 6) is 1.20. The normalized spacial score (nSPS) is 23.2. The summed E-state index contributed by atoms with van der Waals surface area (Å²) in [6.45, 7) is 3.93. The summed E-state index contributed by atoms with van der Waals surface area (Å²) in [6, 6.07) is -0.0987. The Labute approximate surface area is 108 Å². The van der Waals surface area contributed by atoms with Crippen molar-refractivity contribution in [1.82, 2.24) is 10.2 Å². The smallest absolute Gasteiger partial charge is 0.317 e. The molecule has 2 amide bonds. The van der Waals surface area contributed by atoms with Gasteiger partial charge < -0.3 is 16.0 Å². The van der Waals surface area contributed by atoms with Crippen molar-refractivity contribution in [3.05, 3.63) is 0 Å². The highest BCUT2D eigenvalue weighted by atomic mass is 32.1. The van der Waals surface area contributed by atoms with E-state index in [1.165, 1.54) is 0 Å². The second-order valence-corrected chi connectivity index (χ2v) is 5.81. The fraction of sp³-hybridized carbons (Fsp3) is 0.833. The maximum absolute atomic E-state index is 12.1. The average Bonchev–Trinajstić information content (AvgIpc) is 3.10. The van der Waals surface area contributed by atoms with Gasteiger partial charge in [0.05, 0.1) is 11.0 Å². The number of amides is 2. The quantitative estimate of drug-likeness (QED) is 0.751.